The van der Waals surface area contributed by atoms with Crippen molar-refractivity contribution in [3.8, 4) is 0 Å². The van der Waals surface area contributed by atoms with Crippen molar-refractivity contribution >= 4 is 25.8 Å². The molecule has 0 aliphatic carbocycles. The van der Waals surface area contributed by atoms with Crippen molar-refractivity contribution < 1.29 is 21.6 Å². The first kappa shape index (κ1) is 21.3. The average Bonchev–Trinajstić information content (AvgIpc) is 3.01. The molecule has 1 aromatic rings. The van der Waals surface area contributed by atoms with Gasteiger partial charge in [-0.1, -0.05) is 30.3 Å². The van der Waals surface area contributed by atoms with E-state index in [1.807, 2.05) is 30.3 Å². The lowest BCUT2D eigenvalue weighted by Crippen LogP contribution is -2.51. The molecule has 0 radical (unpaired) electrons. The van der Waals surface area contributed by atoms with Crippen molar-refractivity contribution in [2.24, 2.45) is 0 Å². The van der Waals surface area contributed by atoms with Crippen LogP contribution >= 0.6 is 0 Å². The van der Waals surface area contributed by atoms with E-state index >= 15 is 0 Å². The summed E-state index contributed by atoms with van der Waals surface area (Å²) in [6, 6.07) is 9.43. The highest BCUT2D eigenvalue weighted by Crippen LogP contribution is 2.24. The summed E-state index contributed by atoms with van der Waals surface area (Å²) in [6.07, 6.45) is 3.16. The van der Waals surface area contributed by atoms with Crippen molar-refractivity contribution in [1.29, 1.82) is 0 Å². The minimum Gasteiger partial charge on any atom is -0.340 e. The van der Waals surface area contributed by atoms with Crippen LogP contribution in [0.15, 0.2) is 30.3 Å². The molecular weight excluding hydrogens is 400 g/mol. The van der Waals surface area contributed by atoms with Gasteiger partial charge in [-0.15, -0.1) is 0 Å². The second kappa shape index (κ2) is 8.92. The van der Waals surface area contributed by atoms with Gasteiger partial charge in [-0.3, -0.25) is 4.79 Å². The number of carbonyl (C=O) groups excluding carboxylic acids is 1. The van der Waals surface area contributed by atoms with E-state index in [2.05, 4.69) is 0 Å². The van der Waals surface area contributed by atoms with Gasteiger partial charge in [0.25, 0.3) is 0 Å². The third-order valence-electron chi connectivity index (χ3n) is 5.40. The van der Waals surface area contributed by atoms with Crippen molar-refractivity contribution in [3.05, 3.63) is 35.9 Å². The number of sulfone groups is 1. The Kier molecular flexibility index (Phi) is 6.77. The van der Waals surface area contributed by atoms with Gasteiger partial charge in [0, 0.05) is 25.7 Å². The first-order valence-corrected chi connectivity index (χ1v) is 13.2. The number of carbonyl (C=O) groups is 1. The van der Waals surface area contributed by atoms with Crippen molar-refractivity contribution in [2.45, 2.75) is 38.1 Å². The summed E-state index contributed by atoms with van der Waals surface area (Å²) in [5.74, 6) is -0.777. The monoisotopic (exact) mass is 428 g/mol. The Hall–Kier alpha value is -1.45. The second-order valence-electron chi connectivity index (χ2n) is 7.60. The summed E-state index contributed by atoms with van der Waals surface area (Å²) >= 11 is 0. The molecule has 2 aliphatic heterocycles. The highest BCUT2D eigenvalue weighted by molar-refractivity contribution is 7.92. The molecule has 0 aromatic heterocycles. The van der Waals surface area contributed by atoms with Gasteiger partial charge in [0.1, 0.15) is 5.75 Å². The van der Waals surface area contributed by atoms with Crippen LogP contribution in [-0.2, 0) is 31.1 Å². The number of likely N-dealkylation sites (tertiary alicyclic amines) is 1. The van der Waals surface area contributed by atoms with Crippen LogP contribution in [0.5, 0.6) is 0 Å². The van der Waals surface area contributed by atoms with Crippen LogP contribution in [0, 0.1) is 0 Å². The number of rotatable bonds is 7. The highest BCUT2D eigenvalue weighted by atomic mass is 32.2. The number of nitrogens with zero attached hydrogens (tertiary/aromatic N) is 2. The number of aryl methyl sites for hydroxylation is 1. The molecular formula is C19H28N2O5S2. The molecule has 0 saturated carbocycles. The first-order valence-electron chi connectivity index (χ1n) is 9.78. The third kappa shape index (κ3) is 5.55. The predicted octanol–water partition coefficient (Wildman–Crippen LogP) is 1.06. The van der Waals surface area contributed by atoms with Crippen LogP contribution in [0.1, 0.15) is 31.2 Å². The predicted molar refractivity (Wildman–Crippen MR) is 108 cm³/mol. The quantitative estimate of drug-likeness (QED) is 0.648. The molecule has 2 saturated heterocycles. The van der Waals surface area contributed by atoms with E-state index in [1.54, 1.807) is 0 Å². The number of sulfonamides is 1. The Balaban J connectivity index is 1.51. The Morgan fingerprint density at radius 3 is 2.54 bits per heavy atom. The maximum absolute atomic E-state index is 12.5. The molecule has 2 aliphatic rings. The van der Waals surface area contributed by atoms with Crippen molar-refractivity contribution in [1.82, 2.24) is 9.21 Å². The zero-order valence-electron chi connectivity index (χ0n) is 16.0. The summed E-state index contributed by atoms with van der Waals surface area (Å²) < 4.78 is 50.5. The number of hydrogen-bond acceptors (Lipinski definition) is 5. The van der Waals surface area contributed by atoms with E-state index < -0.39 is 31.5 Å². The van der Waals surface area contributed by atoms with Crippen LogP contribution in [0.4, 0.5) is 0 Å². The zero-order chi connectivity index (χ0) is 20.2. The van der Waals surface area contributed by atoms with Crippen molar-refractivity contribution in [3.63, 3.8) is 0 Å². The maximum Gasteiger partial charge on any atom is 0.237 e. The van der Waals surface area contributed by atoms with Gasteiger partial charge in [0.2, 0.25) is 15.9 Å². The number of hydrogen-bond donors (Lipinski definition) is 0. The van der Waals surface area contributed by atoms with Crippen LogP contribution in [0.25, 0.3) is 0 Å². The SMILES string of the molecule is O=C(CS(=O)(=O)CCCc1ccccc1)N1CCC[C@@H](N2CCCS2(=O)=O)C1. The topological polar surface area (TPSA) is 91.8 Å². The molecule has 0 unspecified atom stereocenters. The molecule has 156 valence electrons. The zero-order valence-corrected chi connectivity index (χ0v) is 17.6. The van der Waals surface area contributed by atoms with Crippen LogP contribution in [0.2, 0.25) is 0 Å². The first-order chi connectivity index (χ1) is 13.3. The fraction of sp³-hybridized carbons (Fsp3) is 0.632. The largest absolute Gasteiger partial charge is 0.340 e. The summed E-state index contributed by atoms with van der Waals surface area (Å²) in [4.78, 5) is 14.1. The minimum absolute atomic E-state index is 0.0224. The molecule has 7 nitrogen and oxygen atoms in total. The van der Waals surface area contributed by atoms with Crippen LogP contribution < -0.4 is 0 Å². The molecule has 3 rings (SSSR count). The lowest BCUT2D eigenvalue weighted by molar-refractivity contribution is -0.130. The lowest BCUT2D eigenvalue weighted by Gasteiger charge is -2.36. The molecule has 9 heteroatoms. The van der Waals surface area contributed by atoms with Gasteiger partial charge in [0.05, 0.1) is 11.5 Å². The smallest absolute Gasteiger partial charge is 0.237 e. The minimum atomic E-state index is -3.48. The number of piperidine rings is 1. The van der Waals surface area contributed by atoms with E-state index in [0.717, 1.165) is 5.56 Å². The maximum atomic E-state index is 12.5. The molecule has 0 bridgehead atoms. The average molecular weight is 429 g/mol. The van der Waals surface area contributed by atoms with E-state index in [9.17, 15) is 21.6 Å². The third-order valence-corrected chi connectivity index (χ3v) is 9.00. The fourth-order valence-corrected chi connectivity index (χ4v) is 7.03. The van der Waals surface area contributed by atoms with Gasteiger partial charge in [-0.2, -0.15) is 4.31 Å². The van der Waals surface area contributed by atoms with Crippen LogP contribution in [0.3, 0.4) is 0 Å². The Morgan fingerprint density at radius 1 is 1.11 bits per heavy atom. The Morgan fingerprint density at radius 2 is 1.86 bits per heavy atom. The van der Waals surface area contributed by atoms with Gasteiger partial charge in [-0.05, 0) is 37.7 Å². The lowest BCUT2D eigenvalue weighted by atomic mass is 10.1. The van der Waals surface area contributed by atoms with Crippen molar-refractivity contribution in [2.75, 3.05) is 36.9 Å². The highest BCUT2D eigenvalue weighted by Gasteiger charge is 2.37. The molecule has 0 N–H and O–H groups in total. The summed E-state index contributed by atoms with van der Waals surface area (Å²) in [6.45, 7) is 1.27. The van der Waals surface area contributed by atoms with Gasteiger partial charge < -0.3 is 4.90 Å². The second-order valence-corrected chi connectivity index (χ2v) is 11.8. The Bertz CT molecular complexity index is 884. The van der Waals surface area contributed by atoms with Crippen LogP contribution in [-0.4, -0.2) is 74.9 Å². The normalized spacial score (nSPS) is 23.0. The van der Waals surface area contributed by atoms with Gasteiger partial charge >= 0.3 is 0 Å². The fourth-order valence-electron chi connectivity index (χ4n) is 3.98. The molecule has 1 amide bonds. The molecule has 2 fully saturated rings. The molecule has 28 heavy (non-hydrogen) atoms. The standard InChI is InChI=1S/C19H28N2O5S2/c22-19(16-27(23,24)13-5-9-17-7-2-1-3-8-17)20-11-4-10-18(15-20)21-12-6-14-28(21,25)26/h1-3,7-8,18H,4-6,9-16H2/t18-/m1/s1. The number of amides is 1. The Labute approximate surface area is 167 Å². The molecule has 0 spiro atoms. The molecule has 2 heterocycles. The van der Waals surface area contributed by atoms with E-state index in [-0.39, 0.29) is 24.1 Å². The van der Waals surface area contributed by atoms with E-state index in [4.69, 9.17) is 0 Å². The summed E-state index contributed by atoms with van der Waals surface area (Å²) in [5.41, 5.74) is 1.08. The van der Waals surface area contributed by atoms with Gasteiger partial charge in [-0.25, -0.2) is 16.8 Å². The van der Waals surface area contributed by atoms with E-state index in [1.165, 1.54) is 9.21 Å². The summed E-state index contributed by atoms with van der Waals surface area (Å²) in [7, 11) is -6.71. The molecule has 1 atom stereocenters. The van der Waals surface area contributed by atoms with Gasteiger partial charge in [0.15, 0.2) is 9.84 Å². The van der Waals surface area contributed by atoms with E-state index in [0.29, 0.717) is 45.2 Å². The molecule has 1 aromatic carbocycles. The summed E-state index contributed by atoms with van der Waals surface area (Å²) in [5, 5.41) is 0. The number of benzene rings is 1.